The molecule has 0 aliphatic carbocycles. The van der Waals surface area contributed by atoms with E-state index in [0.29, 0.717) is 19.6 Å². The van der Waals surface area contributed by atoms with Gasteiger partial charge in [0.05, 0.1) is 6.04 Å². The average molecular weight is 395 g/mol. The van der Waals surface area contributed by atoms with Crippen molar-refractivity contribution in [3.8, 4) is 0 Å². The Kier molecular flexibility index (Phi) is 4.66. The van der Waals surface area contributed by atoms with Gasteiger partial charge in [-0.25, -0.2) is 8.42 Å². The van der Waals surface area contributed by atoms with Crippen LogP contribution in [0.15, 0.2) is 32.2 Å². The van der Waals surface area contributed by atoms with Crippen molar-refractivity contribution in [3.05, 3.63) is 40.0 Å². The van der Waals surface area contributed by atoms with Gasteiger partial charge < -0.3 is 9.32 Å². The van der Waals surface area contributed by atoms with Crippen LogP contribution in [0.3, 0.4) is 0 Å². The molecule has 2 aromatic rings. The second-order valence-electron chi connectivity index (χ2n) is 6.86. The van der Waals surface area contributed by atoms with E-state index in [2.05, 4.69) is 5.38 Å². The molecule has 26 heavy (non-hydrogen) atoms. The van der Waals surface area contributed by atoms with Gasteiger partial charge in [0.1, 0.15) is 10.7 Å². The lowest BCUT2D eigenvalue weighted by molar-refractivity contribution is 0.0702. The number of thiophene rings is 1. The Bertz CT molecular complexity index is 896. The van der Waals surface area contributed by atoms with E-state index in [-0.39, 0.29) is 28.4 Å². The second-order valence-corrected chi connectivity index (χ2v) is 9.54. The largest absolute Gasteiger partial charge is 0.455 e. The number of aryl methyl sites for hydroxylation is 1. The van der Waals surface area contributed by atoms with E-state index in [1.165, 1.54) is 10.4 Å². The van der Waals surface area contributed by atoms with Gasteiger partial charge in [0.2, 0.25) is 10.0 Å². The van der Waals surface area contributed by atoms with Gasteiger partial charge in [-0.3, -0.25) is 4.79 Å². The first-order valence-electron chi connectivity index (χ1n) is 8.92. The van der Waals surface area contributed by atoms with Crippen LogP contribution in [-0.2, 0) is 10.0 Å². The molecule has 1 atom stereocenters. The number of rotatable bonds is 4. The molecule has 140 valence electrons. The molecule has 0 radical (unpaired) electrons. The molecule has 0 spiro atoms. The molecule has 8 heteroatoms. The summed E-state index contributed by atoms with van der Waals surface area (Å²) in [5.41, 5.74) is 1.13. The highest BCUT2D eigenvalue weighted by atomic mass is 32.2. The third kappa shape index (κ3) is 3.00. The zero-order valence-corrected chi connectivity index (χ0v) is 16.3. The van der Waals surface area contributed by atoms with E-state index in [1.807, 2.05) is 11.4 Å². The topological polar surface area (TPSA) is 70.8 Å². The first-order chi connectivity index (χ1) is 12.5. The third-order valence-electron chi connectivity index (χ3n) is 5.21. The summed E-state index contributed by atoms with van der Waals surface area (Å²) in [4.78, 5) is 14.9. The fourth-order valence-corrected chi connectivity index (χ4v) is 6.24. The summed E-state index contributed by atoms with van der Waals surface area (Å²) in [6, 6.07) is 3.49. The zero-order valence-electron chi connectivity index (χ0n) is 14.7. The summed E-state index contributed by atoms with van der Waals surface area (Å²) in [5.74, 6) is 0.165. The van der Waals surface area contributed by atoms with Gasteiger partial charge in [-0.05, 0) is 55.0 Å². The Labute approximate surface area is 157 Å². The molecule has 2 saturated heterocycles. The van der Waals surface area contributed by atoms with Crippen LogP contribution in [-0.4, -0.2) is 43.2 Å². The Morgan fingerprint density at radius 1 is 1.23 bits per heavy atom. The molecule has 0 bridgehead atoms. The van der Waals surface area contributed by atoms with Crippen LogP contribution in [0.1, 0.15) is 53.6 Å². The molecule has 0 unspecified atom stereocenters. The van der Waals surface area contributed by atoms with Crippen LogP contribution >= 0.6 is 11.3 Å². The zero-order chi connectivity index (χ0) is 18.3. The van der Waals surface area contributed by atoms with E-state index >= 15 is 0 Å². The molecule has 2 aromatic heterocycles. The normalized spacial score (nSPS) is 21.6. The first-order valence-corrected chi connectivity index (χ1v) is 11.3. The predicted molar refractivity (Wildman–Crippen MR) is 98.8 cm³/mol. The number of carbonyl (C=O) groups excluding carboxylic acids is 1. The molecule has 1 amide bonds. The summed E-state index contributed by atoms with van der Waals surface area (Å²) < 4.78 is 32.7. The van der Waals surface area contributed by atoms with Crippen molar-refractivity contribution in [1.82, 2.24) is 9.21 Å². The third-order valence-corrected chi connectivity index (χ3v) is 7.92. The smallest absolute Gasteiger partial charge is 0.290 e. The van der Waals surface area contributed by atoms with Crippen LogP contribution in [0.4, 0.5) is 0 Å². The van der Waals surface area contributed by atoms with Gasteiger partial charge in [-0.1, -0.05) is 0 Å². The maximum atomic E-state index is 13.0. The van der Waals surface area contributed by atoms with Crippen LogP contribution in [0.5, 0.6) is 0 Å². The molecule has 2 fully saturated rings. The van der Waals surface area contributed by atoms with Gasteiger partial charge >= 0.3 is 0 Å². The highest BCUT2D eigenvalue weighted by Crippen LogP contribution is 2.35. The minimum atomic E-state index is -3.59. The molecule has 2 aliphatic rings. The lowest BCUT2D eigenvalue weighted by atomic mass is 10.1. The van der Waals surface area contributed by atoms with Crippen molar-refractivity contribution in [2.45, 2.75) is 43.5 Å². The number of hydrogen-bond donors (Lipinski definition) is 0. The molecule has 4 rings (SSSR count). The quantitative estimate of drug-likeness (QED) is 0.797. The van der Waals surface area contributed by atoms with Gasteiger partial charge in [0.25, 0.3) is 5.91 Å². The molecular weight excluding hydrogens is 372 g/mol. The molecule has 0 N–H and O–H groups in total. The highest BCUT2D eigenvalue weighted by molar-refractivity contribution is 7.89. The van der Waals surface area contributed by atoms with Crippen LogP contribution < -0.4 is 0 Å². The van der Waals surface area contributed by atoms with Crippen molar-refractivity contribution in [2.24, 2.45) is 0 Å². The molecule has 0 aromatic carbocycles. The summed E-state index contributed by atoms with van der Waals surface area (Å²) in [7, 11) is -3.59. The average Bonchev–Trinajstić information content (AvgIpc) is 3.39. The molecular formula is C18H22N2O4S2. The minimum Gasteiger partial charge on any atom is -0.455 e. The Morgan fingerprint density at radius 2 is 2.00 bits per heavy atom. The maximum Gasteiger partial charge on any atom is 0.290 e. The van der Waals surface area contributed by atoms with Crippen molar-refractivity contribution < 1.29 is 17.6 Å². The van der Waals surface area contributed by atoms with Crippen molar-refractivity contribution in [2.75, 3.05) is 19.6 Å². The fourth-order valence-electron chi connectivity index (χ4n) is 3.86. The number of nitrogens with zero attached hydrogens (tertiary/aromatic N) is 2. The van der Waals surface area contributed by atoms with E-state index in [1.54, 1.807) is 23.2 Å². The van der Waals surface area contributed by atoms with Crippen molar-refractivity contribution in [1.29, 1.82) is 0 Å². The molecule has 6 nitrogen and oxygen atoms in total. The Hall–Kier alpha value is -1.64. The van der Waals surface area contributed by atoms with E-state index in [4.69, 9.17) is 4.42 Å². The van der Waals surface area contributed by atoms with E-state index in [0.717, 1.165) is 31.2 Å². The molecule has 2 aliphatic heterocycles. The summed E-state index contributed by atoms with van der Waals surface area (Å²) in [5, 5.41) is 4.07. The monoisotopic (exact) mass is 394 g/mol. The van der Waals surface area contributed by atoms with Gasteiger partial charge in [0, 0.05) is 25.7 Å². The maximum absolute atomic E-state index is 13.0. The standard InChI is InChI=1S/C18H22N2O4S2/c1-13-17(26(22,23)19-7-2-3-8-19)11-16(24-13)18(21)20-9-4-5-15(20)14-6-10-25-12-14/h6,10-12,15H,2-5,7-9H2,1H3/t15-/m1/s1. The minimum absolute atomic E-state index is 0.0396. The van der Waals surface area contributed by atoms with Crippen molar-refractivity contribution in [3.63, 3.8) is 0 Å². The molecule has 4 heterocycles. The number of likely N-dealkylation sites (tertiary alicyclic amines) is 1. The summed E-state index contributed by atoms with van der Waals surface area (Å²) in [6.45, 7) is 3.33. The fraction of sp³-hybridized carbons (Fsp3) is 0.500. The van der Waals surface area contributed by atoms with Crippen LogP contribution in [0.25, 0.3) is 0 Å². The lowest BCUT2D eigenvalue weighted by Crippen LogP contribution is -2.30. The van der Waals surface area contributed by atoms with Gasteiger partial charge in [-0.2, -0.15) is 15.6 Å². The second kappa shape index (κ2) is 6.83. The van der Waals surface area contributed by atoms with Crippen LogP contribution in [0, 0.1) is 6.92 Å². The summed E-state index contributed by atoms with van der Waals surface area (Å²) >= 11 is 1.61. The van der Waals surface area contributed by atoms with E-state index < -0.39 is 10.0 Å². The lowest BCUT2D eigenvalue weighted by Gasteiger charge is -2.23. The Morgan fingerprint density at radius 3 is 2.69 bits per heavy atom. The van der Waals surface area contributed by atoms with Crippen LogP contribution in [0.2, 0.25) is 0 Å². The molecule has 0 saturated carbocycles. The number of furan rings is 1. The predicted octanol–water partition coefficient (Wildman–Crippen LogP) is 3.41. The van der Waals surface area contributed by atoms with Gasteiger partial charge in [-0.15, -0.1) is 0 Å². The van der Waals surface area contributed by atoms with E-state index in [9.17, 15) is 13.2 Å². The number of carbonyl (C=O) groups is 1. The van der Waals surface area contributed by atoms with Crippen molar-refractivity contribution >= 4 is 27.3 Å². The SMILES string of the molecule is Cc1oc(C(=O)N2CCC[C@@H]2c2ccsc2)cc1S(=O)(=O)N1CCCC1. The number of sulfonamides is 1. The van der Waals surface area contributed by atoms with Gasteiger partial charge in [0.15, 0.2) is 5.76 Å². The first kappa shape index (κ1) is 17.8. The summed E-state index contributed by atoms with van der Waals surface area (Å²) in [6.07, 6.45) is 3.60. The number of hydrogen-bond acceptors (Lipinski definition) is 5. The Balaban J connectivity index is 1.61. The number of amides is 1. The highest BCUT2D eigenvalue weighted by Gasteiger charge is 2.35.